The van der Waals surface area contributed by atoms with Crippen LogP contribution >= 0.6 is 11.3 Å². The average Bonchev–Trinajstić information content (AvgIpc) is 3.25. The highest BCUT2D eigenvalue weighted by Crippen LogP contribution is 2.20. The molecule has 0 aliphatic rings. The summed E-state index contributed by atoms with van der Waals surface area (Å²) in [6.45, 7) is 1.51. The van der Waals surface area contributed by atoms with Crippen LogP contribution in [0.4, 0.5) is 5.69 Å². The van der Waals surface area contributed by atoms with Gasteiger partial charge in [-0.25, -0.2) is 9.59 Å². The van der Waals surface area contributed by atoms with Crippen LogP contribution in [0.5, 0.6) is 0 Å². The molecule has 1 aromatic carbocycles. The van der Waals surface area contributed by atoms with E-state index < -0.39 is 17.2 Å². The van der Waals surface area contributed by atoms with E-state index in [0.717, 1.165) is 20.3 Å². The summed E-state index contributed by atoms with van der Waals surface area (Å²) in [6, 6.07) is 9.94. The monoisotopic (exact) mass is 383 g/mol. The summed E-state index contributed by atoms with van der Waals surface area (Å²) in [6.07, 6.45) is 0. The van der Waals surface area contributed by atoms with Crippen molar-refractivity contribution in [2.75, 3.05) is 5.32 Å². The number of carbonyl (C=O) groups is 1. The minimum atomic E-state index is -0.507. The number of tetrazole rings is 1. The SMILES string of the molecule is Cc1cc(=O)oc2cc(NC(=O)Cn3nnn(-c4cccs4)c3=O)ccc12. The van der Waals surface area contributed by atoms with E-state index in [2.05, 4.69) is 15.7 Å². The first-order chi connectivity index (χ1) is 13.0. The molecule has 10 heteroatoms. The number of hydrogen-bond donors (Lipinski definition) is 1. The van der Waals surface area contributed by atoms with Crippen molar-refractivity contribution in [3.63, 3.8) is 0 Å². The number of fused-ring (bicyclic) bond motifs is 1. The third-order valence-electron chi connectivity index (χ3n) is 3.88. The zero-order valence-electron chi connectivity index (χ0n) is 14.1. The Morgan fingerprint density at radius 1 is 1.22 bits per heavy atom. The molecular weight excluding hydrogens is 370 g/mol. The number of hydrogen-bond acceptors (Lipinski definition) is 7. The van der Waals surface area contributed by atoms with Crippen LogP contribution in [-0.2, 0) is 11.3 Å². The number of carbonyl (C=O) groups excluding carboxylic acids is 1. The molecule has 0 bridgehead atoms. The van der Waals surface area contributed by atoms with Crippen LogP contribution in [0, 0.1) is 6.92 Å². The number of rotatable bonds is 4. The largest absolute Gasteiger partial charge is 0.423 e. The second-order valence-corrected chi connectivity index (χ2v) is 6.72. The summed E-state index contributed by atoms with van der Waals surface area (Å²) in [5, 5.41) is 13.4. The van der Waals surface area contributed by atoms with Gasteiger partial charge < -0.3 is 9.73 Å². The van der Waals surface area contributed by atoms with Crippen LogP contribution in [0.3, 0.4) is 0 Å². The maximum atomic E-state index is 12.3. The maximum Gasteiger partial charge on any atom is 0.369 e. The van der Waals surface area contributed by atoms with Gasteiger partial charge in [0.1, 0.15) is 17.1 Å². The molecule has 4 rings (SSSR count). The lowest BCUT2D eigenvalue weighted by molar-refractivity contribution is -0.117. The predicted molar refractivity (Wildman–Crippen MR) is 99.3 cm³/mol. The Morgan fingerprint density at radius 2 is 2.07 bits per heavy atom. The van der Waals surface area contributed by atoms with Crippen LogP contribution in [0.1, 0.15) is 5.56 Å². The van der Waals surface area contributed by atoms with Gasteiger partial charge in [-0.1, -0.05) is 0 Å². The number of nitrogens with one attached hydrogen (secondary N) is 1. The molecule has 0 aliphatic carbocycles. The zero-order chi connectivity index (χ0) is 19.0. The molecule has 0 aliphatic heterocycles. The summed E-state index contributed by atoms with van der Waals surface area (Å²) < 4.78 is 7.26. The molecule has 1 N–H and O–H groups in total. The van der Waals surface area contributed by atoms with Gasteiger partial charge in [-0.2, -0.15) is 9.36 Å². The molecule has 136 valence electrons. The lowest BCUT2D eigenvalue weighted by atomic mass is 10.1. The fourth-order valence-electron chi connectivity index (χ4n) is 2.64. The maximum absolute atomic E-state index is 12.3. The number of amides is 1. The Kier molecular flexibility index (Phi) is 4.16. The Morgan fingerprint density at radius 3 is 2.85 bits per heavy atom. The first-order valence-electron chi connectivity index (χ1n) is 7.92. The van der Waals surface area contributed by atoms with Crippen molar-refractivity contribution in [1.29, 1.82) is 0 Å². The molecule has 27 heavy (non-hydrogen) atoms. The first kappa shape index (κ1) is 16.9. The number of benzene rings is 1. The lowest BCUT2D eigenvalue weighted by Crippen LogP contribution is -2.29. The van der Waals surface area contributed by atoms with E-state index in [9.17, 15) is 14.4 Å². The van der Waals surface area contributed by atoms with Gasteiger partial charge >= 0.3 is 11.3 Å². The highest BCUT2D eigenvalue weighted by Gasteiger charge is 2.13. The summed E-state index contributed by atoms with van der Waals surface area (Å²) >= 11 is 1.34. The number of aromatic nitrogens is 4. The quantitative estimate of drug-likeness (QED) is 0.535. The molecule has 0 spiro atoms. The number of anilines is 1. The first-order valence-corrected chi connectivity index (χ1v) is 8.80. The van der Waals surface area contributed by atoms with E-state index in [4.69, 9.17) is 4.42 Å². The van der Waals surface area contributed by atoms with Gasteiger partial charge in [0.2, 0.25) is 5.91 Å². The number of aryl methyl sites for hydroxylation is 1. The topological polar surface area (TPSA) is 112 Å². The molecular formula is C17H13N5O4S. The molecule has 0 saturated heterocycles. The molecule has 0 saturated carbocycles. The van der Waals surface area contributed by atoms with Crippen molar-refractivity contribution < 1.29 is 9.21 Å². The Balaban J connectivity index is 1.54. The van der Waals surface area contributed by atoms with Crippen molar-refractivity contribution in [3.05, 3.63) is 68.2 Å². The van der Waals surface area contributed by atoms with Gasteiger partial charge in [0.25, 0.3) is 0 Å². The van der Waals surface area contributed by atoms with Crippen LogP contribution in [0.25, 0.3) is 16.0 Å². The third-order valence-corrected chi connectivity index (χ3v) is 4.73. The smallest absolute Gasteiger partial charge is 0.369 e. The summed E-state index contributed by atoms with van der Waals surface area (Å²) in [7, 11) is 0. The highest BCUT2D eigenvalue weighted by atomic mass is 32.1. The fourth-order valence-corrected chi connectivity index (χ4v) is 3.31. The molecule has 3 heterocycles. The molecule has 1 amide bonds. The Hall–Kier alpha value is -3.53. The van der Waals surface area contributed by atoms with Crippen LogP contribution < -0.4 is 16.6 Å². The summed E-state index contributed by atoms with van der Waals surface area (Å²) in [5.74, 6) is -0.454. The molecule has 3 aromatic heterocycles. The summed E-state index contributed by atoms with van der Waals surface area (Å²) in [4.78, 5) is 36.1. The average molecular weight is 383 g/mol. The van der Waals surface area contributed by atoms with E-state index in [1.54, 1.807) is 37.3 Å². The van der Waals surface area contributed by atoms with Crippen LogP contribution in [-0.4, -0.2) is 25.7 Å². The van der Waals surface area contributed by atoms with Crippen LogP contribution in [0.15, 0.2) is 55.8 Å². The molecule has 9 nitrogen and oxygen atoms in total. The van der Waals surface area contributed by atoms with Gasteiger partial charge in [-0.05, 0) is 52.6 Å². The van der Waals surface area contributed by atoms with E-state index >= 15 is 0 Å². The van der Waals surface area contributed by atoms with E-state index in [0.29, 0.717) is 16.3 Å². The van der Waals surface area contributed by atoms with E-state index in [-0.39, 0.29) is 6.54 Å². The van der Waals surface area contributed by atoms with Crippen LogP contribution in [0.2, 0.25) is 0 Å². The minimum Gasteiger partial charge on any atom is -0.423 e. The minimum absolute atomic E-state index is 0.292. The fraction of sp³-hybridized carbons (Fsp3) is 0.118. The third kappa shape index (κ3) is 3.29. The summed E-state index contributed by atoms with van der Waals surface area (Å²) in [5.41, 5.74) is 0.641. The van der Waals surface area contributed by atoms with Gasteiger partial charge in [0.15, 0.2) is 0 Å². The van der Waals surface area contributed by atoms with Crippen molar-refractivity contribution in [2.45, 2.75) is 13.5 Å². The molecule has 0 fully saturated rings. The molecule has 0 atom stereocenters. The van der Waals surface area contributed by atoms with Gasteiger partial charge in [0, 0.05) is 23.2 Å². The van der Waals surface area contributed by atoms with Crippen molar-refractivity contribution in [2.24, 2.45) is 0 Å². The van der Waals surface area contributed by atoms with E-state index in [1.165, 1.54) is 17.4 Å². The zero-order valence-corrected chi connectivity index (χ0v) is 14.9. The standard InChI is InChI=1S/C17H13N5O4S/c1-10-7-16(24)26-13-8-11(4-5-12(10)13)18-14(23)9-21-17(25)22(20-19-21)15-3-2-6-27-15/h2-8H,9H2,1H3,(H,18,23). The highest BCUT2D eigenvalue weighted by molar-refractivity contribution is 7.12. The van der Waals surface area contributed by atoms with E-state index in [1.807, 2.05) is 5.38 Å². The van der Waals surface area contributed by atoms with Gasteiger partial charge in [-0.15, -0.1) is 11.3 Å². The van der Waals surface area contributed by atoms with Gasteiger partial charge in [0.05, 0.1) is 0 Å². The Bertz CT molecular complexity index is 1250. The molecule has 4 aromatic rings. The van der Waals surface area contributed by atoms with Crippen molar-refractivity contribution in [1.82, 2.24) is 19.8 Å². The molecule has 0 radical (unpaired) electrons. The molecule has 0 unspecified atom stereocenters. The second kappa shape index (κ2) is 6.65. The lowest BCUT2D eigenvalue weighted by Gasteiger charge is -2.06. The second-order valence-electron chi connectivity index (χ2n) is 5.79. The normalized spacial score (nSPS) is 11.0. The van der Waals surface area contributed by atoms with Gasteiger partial charge in [-0.3, -0.25) is 4.79 Å². The van der Waals surface area contributed by atoms with Crippen molar-refractivity contribution >= 4 is 33.9 Å². The number of thiophene rings is 1. The van der Waals surface area contributed by atoms with Crippen molar-refractivity contribution in [3.8, 4) is 5.00 Å². The number of nitrogens with zero attached hydrogens (tertiary/aromatic N) is 4. The Labute approximate surface area is 155 Å². The predicted octanol–water partition coefficient (Wildman–Crippen LogP) is 1.54.